The van der Waals surface area contributed by atoms with Gasteiger partial charge in [-0.15, -0.1) is 0 Å². The van der Waals surface area contributed by atoms with Crippen molar-refractivity contribution in [1.82, 2.24) is 19.8 Å². The molecule has 154 valence electrons. The standard InChI is InChI=1S/C22H21FN4O3/c1-2-30-22(29)27-11-9-26(10-12-27)21(28)17-14-20(18-5-3-4-8-24-18)25-19-13-15(23)6-7-16(17)19/h3-8,13-14H,2,9-12H2,1H3. The number of halogens is 1. The molecule has 1 fully saturated rings. The Morgan fingerprint density at radius 1 is 1.03 bits per heavy atom. The normalized spacial score (nSPS) is 14.1. The Hall–Kier alpha value is -3.55. The Morgan fingerprint density at radius 2 is 1.80 bits per heavy atom. The molecular weight excluding hydrogens is 387 g/mol. The van der Waals surface area contributed by atoms with Gasteiger partial charge in [0.1, 0.15) is 5.82 Å². The van der Waals surface area contributed by atoms with E-state index in [1.807, 2.05) is 6.07 Å². The van der Waals surface area contributed by atoms with Crippen LogP contribution in [0.3, 0.4) is 0 Å². The zero-order valence-electron chi connectivity index (χ0n) is 16.5. The molecule has 0 aliphatic carbocycles. The number of hydrogen-bond donors (Lipinski definition) is 0. The fourth-order valence-corrected chi connectivity index (χ4v) is 3.50. The summed E-state index contributed by atoms with van der Waals surface area (Å²) >= 11 is 0. The average Bonchev–Trinajstić information content (AvgIpc) is 2.78. The quantitative estimate of drug-likeness (QED) is 0.664. The van der Waals surface area contributed by atoms with Crippen LogP contribution < -0.4 is 0 Å². The fraction of sp³-hybridized carbons (Fsp3) is 0.273. The lowest BCUT2D eigenvalue weighted by atomic mass is 10.0. The molecule has 1 aliphatic heterocycles. The van der Waals surface area contributed by atoms with E-state index in [2.05, 4.69) is 9.97 Å². The van der Waals surface area contributed by atoms with E-state index in [-0.39, 0.29) is 12.0 Å². The van der Waals surface area contributed by atoms with E-state index in [1.54, 1.807) is 47.2 Å². The number of hydrogen-bond acceptors (Lipinski definition) is 5. The number of piperazine rings is 1. The van der Waals surface area contributed by atoms with Crippen molar-refractivity contribution in [3.63, 3.8) is 0 Å². The van der Waals surface area contributed by atoms with Crippen LogP contribution >= 0.6 is 0 Å². The lowest BCUT2D eigenvalue weighted by molar-refractivity contribution is 0.0572. The summed E-state index contributed by atoms with van der Waals surface area (Å²) in [4.78, 5) is 37.3. The number of nitrogens with zero attached hydrogens (tertiary/aromatic N) is 4. The third-order valence-corrected chi connectivity index (χ3v) is 5.02. The number of carbonyl (C=O) groups excluding carboxylic acids is 2. The van der Waals surface area contributed by atoms with Crippen molar-refractivity contribution < 1.29 is 18.7 Å². The average molecular weight is 408 g/mol. The van der Waals surface area contributed by atoms with Crippen LogP contribution in [-0.2, 0) is 4.74 Å². The molecule has 1 aromatic carbocycles. The van der Waals surface area contributed by atoms with Gasteiger partial charge in [-0.2, -0.15) is 0 Å². The molecule has 7 nitrogen and oxygen atoms in total. The first kappa shape index (κ1) is 19.8. The first-order valence-electron chi connectivity index (χ1n) is 9.79. The lowest BCUT2D eigenvalue weighted by Gasteiger charge is -2.34. The van der Waals surface area contributed by atoms with Crippen molar-refractivity contribution in [3.05, 3.63) is 60.0 Å². The Balaban J connectivity index is 1.66. The Labute approximate surface area is 173 Å². The van der Waals surface area contributed by atoms with Gasteiger partial charge in [0.15, 0.2) is 0 Å². The van der Waals surface area contributed by atoms with Crippen molar-refractivity contribution >= 4 is 22.9 Å². The van der Waals surface area contributed by atoms with E-state index in [9.17, 15) is 14.0 Å². The summed E-state index contributed by atoms with van der Waals surface area (Å²) in [5.74, 6) is -0.607. The molecule has 0 atom stereocenters. The minimum atomic E-state index is -0.422. The molecule has 1 saturated heterocycles. The molecule has 30 heavy (non-hydrogen) atoms. The van der Waals surface area contributed by atoms with E-state index < -0.39 is 5.82 Å². The first-order chi connectivity index (χ1) is 14.6. The van der Waals surface area contributed by atoms with Crippen molar-refractivity contribution in [2.24, 2.45) is 0 Å². The van der Waals surface area contributed by atoms with E-state index in [1.165, 1.54) is 12.1 Å². The summed E-state index contributed by atoms with van der Waals surface area (Å²) < 4.78 is 18.9. The number of carbonyl (C=O) groups is 2. The summed E-state index contributed by atoms with van der Waals surface area (Å²) in [5.41, 5.74) is 1.93. The molecule has 0 N–H and O–H groups in total. The van der Waals surface area contributed by atoms with Gasteiger partial charge in [0.25, 0.3) is 5.91 Å². The van der Waals surface area contributed by atoms with Gasteiger partial charge in [0.2, 0.25) is 0 Å². The van der Waals surface area contributed by atoms with Gasteiger partial charge in [0, 0.05) is 43.8 Å². The monoisotopic (exact) mass is 408 g/mol. The molecule has 3 aromatic rings. The zero-order chi connectivity index (χ0) is 21.1. The molecule has 2 aromatic heterocycles. The Kier molecular flexibility index (Phi) is 5.56. The molecule has 2 amide bonds. The predicted molar refractivity (Wildman–Crippen MR) is 109 cm³/mol. The number of aromatic nitrogens is 2. The zero-order valence-corrected chi connectivity index (χ0v) is 16.5. The summed E-state index contributed by atoms with van der Waals surface area (Å²) in [6.07, 6.45) is 1.27. The van der Waals surface area contributed by atoms with Gasteiger partial charge < -0.3 is 14.5 Å². The molecule has 1 aliphatic rings. The summed E-state index contributed by atoms with van der Waals surface area (Å²) in [7, 11) is 0. The lowest BCUT2D eigenvalue weighted by Crippen LogP contribution is -2.50. The van der Waals surface area contributed by atoms with E-state index in [4.69, 9.17) is 4.74 Å². The first-order valence-corrected chi connectivity index (χ1v) is 9.79. The van der Waals surface area contributed by atoms with E-state index in [0.29, 0.717) is 60.6 Å². The molecule has 0 spiro atoms. The molecule has 4 rings (SSSR count). The van der Waals surface area contributed by atoms with Crippen LogP contribution in [0.25, 0.3) is 22.3 Å². The molecule has 8 heteroatoms. The number of benzene rings is 1. The Morgan fingerprint density at radius 3 is 2.50 bits per heavy atom. The second-order valence-corrected chi connectivity index (χ2v) is 6.91. The topological polar surface area (TPSA) is 75.6 Å². The number of pyridine rings is 2. The van der Waals surface area contributed by atoms with E-state index >= 15 is 0 Å². The van der Waals surface area contributed by atoms with Crippen LogP contribution in [0.1, 0.15) is 17.3 Å². The molecule has 0 saturated carbocycles. The highest BCUT2D eigenvalue weighted by Crippen LogP contribution is 2.26. The minimum Gasteiger partial charge on any atom is -0.450 e. The fourth-order valence-electron chi connectivity index (χ4n) is 3.50. The highest BCUT2D eigenvalue weighted by Gasteiger charge is 2.27. The van der Waals surface area contributed by atoms with Crippen LogP contribution in [0.4, 0.5) is 9.18 Å². The van der Waals surface area contributed by atoms with Gasteiger partial charge >= 0.3 is 6.09 Å². The number of amides is 2. The van der Waals surface area contributed by atoms with Gasteiger partial charge in [-0.3, -0.25) is 9.78 Å². The molecule has 0 unspecified atom stereocenters. The van der Waals surface area contributed by atoms with Crippen molar-refractivity contribution in [1.29, 1.82) is 0 Å². The van der Waals surface area contributed by atoms with Crippen LogP contribution in [0, 0.1) is 5.82 Å². The third-order valence-electron chi connectivity index (χ3n) is 5.02. The second kappa shape index (κ2) is 8.44. The summed E-state index contributed by atoms with van der Waals surface area (Å²) in [6, 6.07) is 11.3. The smallest absolute Gasteiger partial charge is 0.409 e. The van der Waals surface area contributed by atoms with Crippen molar-refractivity contribution in [3.8, 4) is 11.4 Å². The van der Waals surface area contributed by atoms with Gasteiger partial charge in [-0.1, -0.05) is 6.07 Å². The van der Waals surface area contributed by atoms with Crippen molar-refractivity contribution in [2.45, 2.75) is 6.92 Å². The minimum absolute atomic E-state index is 0.185. The highest BCUT2D eigenvalue weighted by atomic mass is 19.1. The molecule has 0 bridgehead atoms. The molecule has 0 radical (unpaired) electrons. The maximum atomic E-state index is 13.8. The maximum Gasteiger partial charge on any atom is 0.409 e. The van der Waals surface area contributed by atoms with Crippen LogP contribution in [0.15, 0.2) is 48.7 Å². The predicted octanol–water partition coefficient (Wildman–Crippen LogP) is 3.35. The van der Waals surface area contributed by atoms with Crippen LogP contribution in [0.2, 0.25) is 0 Å². The Bertz CT molecular complexity index is 1080. The van der Waals surface area contributed by atoms with Crippen molar-refractivity contribution in [2.75, 3.05) is 32.8 Å². The number of rotatable bonds is 3. The summed E-state index contributed by atoms with van der Waals surface area (Å²) in [6.45, 7) is 3.65. The SMILES string of the molecule is CCOC(=O)N1CCN(C(=O)c2cc(-c3ccccn3)nc3cc(F)ccc23)CC1. The third kappa shape index (κ3) is 3.94. The van der Waals surface area contributed by atoms with Gasteiger partial charge in [0.05, 0.1) is 29.1 Å². The van der Waals surface area contributed by atoms with Crippen LogP contribution in [-0.4, -0.2) is 64.6 Å². The highest BCUT2D eigenvalue weighted by molar-refractivity contribution is 6.07. The largest absolute Gasteiger partial charge is 0.450 e. The summed E-state index contributed by atoms with van der Waals surface area (Å²) in [5, 5.41) is 0.578. The van der Waals surface area contributed by atoms with Gasteiger partial charge in [-0.05, 0) is 37.3 Å². The molecular formula is C22H21FN4O3. The number of ether oxygens (including phenoxy) is 1. The second-order valence-electron chi connectivity index (χ2n) is 6.91. The molecule has 3 heterocycles. The maximum absolute atomic E-state index is 13.8. The van der Waals surface area contributed by atoms with E-state index in [0.717, 1.165) is 0 Å². The number of fused-ring (bicyclic) bond motifs is 1. The van der Waals surface area contributed by atoms with Gasteiger partial charge in [-0.25, -0.2) is 14.2 Å². The van der Waals surface area contributed by atoms with Crippen LogP contribution in [0.5, 0.6) is 0 Å².